The number of hydrogen-bond acceptors (Lipinski definition) is 2. The summed E-state index contributed by atoms with van der Waals surface area (Å²) in [6.07, 6.45) is -5.00. The average molecular weight is 309 g/mol. The molecule has 1 aromatic carbocycles. The number of alkyl halides is 3. The third kappa shape index (κ3) is 6.01. The molecule has 0 saturated heterocycles. The Balaban J connectivity index is 2.67. The van der Waals surface area contributed by atoms with Crippen LogP contribution in [0.5, 0.6) is 0 Å². The number of benzene rings is 1. The van der Waals surface area contributed by atoms with Gasteiger partial charge in [-0.25, -0.2) is 0 Å². The van der Waals surface area contributed by atoms with Gasteiger partial charge in [0, 0.05) is 26.2 Å². The lowest BCUT2D eigenvalue weighted by molar-refractivity contribution is -0.132. The summed E-state index contributed by atoms with van der Waals surface area (Å²) >= 11 is 6.14. The van der Waals surface area contributed by atoms with Crippen LogP contribution in [0.2, 0.25) is 5.02 Å². The maximum Gasteiger partial charge on any atom is 0.390 e. The van der Waals surface area contributed by atoms with Crippen LogP contribution in [0.4, 0.5) is 18.9 Å². The summed E-state index contributed by atoms with van der Waals surface area (Å²) in [6, 6.07) is 5.79. The summed E-state index contributed by atoms with van der Waals surface area (Å²) in [5.41, 5.74) is 1.63. The van der Waals surface area contributed by atoms with E-state index in [1.165, 1.54) is 4.90 Å². The summed E-state index contributed by atoms with van der Waals surface area (Å²) in [4.78, 5) is 1.52. The maximum atomic E-state index is 12.2. The third-order valence-corrected chi connectivity index (χ3v) is 3.17. The molecule has 0 aliphatic heterocycles. The summed E-state index contributed by atoms with van der Waals surface area (Å²) in [7, 11) is 1.61. The second-order valence-electron chi connectivity index (χ2n) is 5.11. The number of nitrogens with zero attached hydrogens (tertiary/aromatic N) is 1. The highest BCUT2D eigenvalue weighted by atomic mass is 35.5. The molecule has 6 heteroatoms. The SMILES string of the molecule is CC(C)NCc1ccc(N(C)CCC(F)(F)F)c(Cl)c1. The highest BCUT2D eigenvalue weighted by molar-refractivity contribution is 6.33. The van der Waals surface area contributed by atoms with Crippen molar-refractivity contribution in [2.75, 3.05) is 18.5 Å². The minimum Gasteiger partial charge on any atom is -0.373 e. The van der Waals surface area contributed by atoms with Crippen molar-refractivity contribution >= 4 is 17.3 Å². The number of hydrogen-bond donors (Lipinski definition) is 1. The van der Waals surface area contributed by atoms with E-state index >= 15 is 0 Å². The second-order valence-corrected chi connectivity index (χ2v) is 5.52. The maximum absolute atomic E-state index is 12.2. The molecule has 0 unspecified atom stereocenters. The Labute approximate surface area is 122 Å². The molecule has 0 heterocycles. The van der Waals surface area contributed by atoms with Crippen LogP contribution >= 0.6 is 11.6 Å². The molecule has 0 spiro atoms. The van der Waals surface area contributed by atoms with Gasteiger partial charge in [0.25, 0.3) is 0 Å². The molecule has 1 N–H and O–H groups in total. The number of nitrogens with one attached hydrogen (secondary N) is 1. The minimum atomic E-state index is -4.15. The van der Waals surface area contributed by atoms with Gasteiger partial charge in [-0.2, -0.15) is 13.2 Å². The zero-order valence-corrected chi connectivity index (χ0v) is 12.6. The van der Waals surface area contributed by atoms with E-state index in [0.29, 0.717) is 23.3 Å². The first-order valence-corrected chi connectivity index (χ1v) is 6.86. The van der Waals surface area contributed by atoms with Gasteiger partial charge in [-0.05, 0) is 17.7 Å². The van der Waals surface area contributed by atoms with E-state index in [2.05, 4.69) is 5.32 Å². The summed E-state index contributed by atoms with van der Waals surface area (Å²) in [5, 5.41) is 3.73. The van der Waals surface area contributed by atoms with Gasteiger partial charge in [-0.1, -0.05) is 31.5 Å². The molecule has 0 aromatic heterocycles. The molecule has 2 nitrogen and oxygen atoms in total. The van der Waals surface area contributed by atoms with Gasteiger partial charge < -0.3 is 10.2 Å². The van der Waals surface area contributed by atoms with Crippen LogP contribution < -0.4 is 10.2 Å². The van der Waals surface area contributed by atoms with Crippen molar-refractivity contribution in [1.82, 2.24) is 5.32 Å². The van der Waals surface area contributed by atoms with E-state index in [1.54, 1.807) is 19.2 Å². The van der Waals surface area contributed by atoms with Crippen LogP contribution in [0.15, 0.2) is 18.2 Å². The Hall–Kier alpha value is -0.940. The minimum absolute atomic E-state index is 0.104. The smallest absolute Gasteiger partial charge is 0.373 e. The van der Waals surface area contributed by atoms with Crippen molar-refractivity contribution in [3.8, 4) is 0 Å². The number of rotatable bonds is 6. The van der Waals surface area contributed by atoms with Gasteiger partial charge in [0.2, 0.25) is 0 Å². The highest BCUT2D eigenvalue weighted by Gasteiger charge is 2.27. The molecule has 0 aliphatic carbocycles. The van der Waals surface area contributed by atoms with Crippen LogP contribution in [-0.4, -0.2) is 25.8 Å². The molecule has 0 fully saturated rings. The fraction of sp³-hybridized carbons (Fsp3) is 0.571. The average Bonchev–Trinajstić information content (AvgIpc) is 2.32. The standard InChI is InChI=1S/C14H20ClF3N2/c1-10(2)19-9-11-4-5-13(12(15)8-11)20(3)7-6-14(16,17)18/h4-5,8,10,19H,6-7,9H2,1-3H3. The lowest BCUT2D eigenvalue weighted by Gasteiger charge is -2.22. The van der Waals surface area contributed by atoms with Crippen molar-refractivity contribution in [1.29, 1.82) is 0 Å². The Morgan fingerprint density at radius 3 is 2.45 bits per heavy atom. The van der Waals surface area contributed by atoms with Crippen LogP contribution in [0, 0.1) is 0 Å². The molecule has 1 aromatic rings. The van der Waals surface area contributed by atoms with E-state index in [-0.39, 0.29) is 6.54 Å². The van der Waals surface area contributed by atoms with Gasteiger partial charge in [0.05, 0.1) is 17.1 Å². The molecule has 0 atom stereocenters. The van der Waals surface area contributed by atoms with Gasteiger partial charge in [-0.15, -0.1) is 0 Å². The lowest BCUT2D eigenvalue weighted by Crippen LogP contribution is -2.24. The zero-order valence-electron chi connectivity index (χ0n) is 11.9. The van der Waals surface area contributed by atoms with Crippen LogP contribution in [-0.2, 0) is 6.54 Å². The van der Waals surface area contributed by atoms with Crippen molar-refractivity contribution in [2.24, 2.45) is 0 Å². The number of halogens is 4. The van der Waals surface area contributed by atoms with E-state index in [4.69, 9.17) is 11.6 Å². The van der Waals surface area contributed by atoms with Crippen LogP contribution in [0.25, 0.3) is 0 Å². The van der Waals surface area contributed by atoms with Crippen molar-refractivity contribution in [3.05, 3.63) is 28.8 Å². The highest BCUT2D eigenvalue weighted by Crippen LogP contribution is 2.28. The quantitative estimate of drug-likeness (QED) is 0.846. The van der Waals surface area contributed by atoms with E-state index in [1.807, 2.05) is 19.9 Å². The molecule has 0 aliphatic rings. The van der Waals surface area contributed by atoms with E-state index in [9.17, 15) is 13.2 Å². The third-order valence-electron chi connectivity index (χ3n) is 2.87. The molecule has 0 bridgehead atoms. The zero-order chi connectivity index (χ0) is 15.3. The molecular formula is C14H20ClF3N2. The first-order chi connectivity index (χ1) is 9.19. The normalized spacial score (nSPS) is 12.0. The Kier molecular flexibility index (Phi) is 6.14. The first kappa shape index (κ1) is 17.1. The Morgan fingerprint density at radius 1 is 1.30 bits per heavy atom. The molecule has 20 heavy (non-hydrogen) atoms. The fourth-order valence-electron chi connectivity index (χ4n) is 1.71. The molecule has 0 amide bonds. The van der Waals surface area contributed by atoms with E-state index in [0.717, 1.165) is 5.56 Å². The van der Waals surface area contributed by atoms with Crippen LogP contribution in [0.1, 0.15) is 25.8 Å². The fourth-order valence-corrected chi connectivity index (χ4v) is 2.05. The number of anilines is 1. The van der Waals surface area contributed by atoms with Crippen molar-refractivity contribution in [3.63, 3.8) is 0 Å². The molecule has 0 saturated carbocycles. The van der Waals surface area contributed by atoms with Gasteiger partial charge in [0.15, 0.2) is 0 Å². The van der Waals surface area contributed by atoms with Crippen molar-refractivity contribution in [2.45, 2.75) is 39.0 Å². The van der Waals surface area contributed by atoms with E-state index < -0.39 is 12.6 Å². The Bertz CT molecular complexity index is 433. The second kappa shape index (κ2) is 7.18. The summed E-state index contributed by atoms with van der Waals surface area (Å²) in [6.45, 7) is 4.67. The molecule has 114 valence electrons. The summed E-state index contributed by atoms with van der Waals surface area (Å²) < 4.78 is 36.6. The molecule has 0 radical (unpaired) electrons. The Morgan fingerprint density at radius 2 is 1.95 bits per heavy atom. The topological polar surface area (TPSA) is 15.3 Å². The van der Waals surface area contributed by atoms with Crippen molar-refractivity contribution < 1.29 is 13.2 Å². The summed E-state index contributed by atoms with van der Waals surface area (Å²) in [5.74, 6) is 0. The van der Waals surface area contributed by atoms with Gasteiger partial charge in [-0.3, -0.25) is 0 Å². The monoisotopic (exact) mass is 308 g/mol. The van der Waals surface area contributed by atoms with Gasteiger partial charge in [0.1, 0.15) is 0 Å². The predicted octanol–water partition coefficient (Wildman–Crippen LogP) is 4.23. The first-order valence-electron chi connectivity index (χ1n) is 6.49. The largest absolute Gasteiger partial charge is 0.390 e. The molecule has 1 rings (SSSR count). The molecular weight excluding hydrogens is 289 g/mol. The van der Waals surface area contributed by atoms with Crippen LogP contribution in [0.3, 0.4) is 0 Å². The van der Waals surface area contributed by atoms with Gasteiger partial charge >= 0.3 is 6.18 Å². The lowest BCUT2D eigenvalue weighted by atomic mass is 10.2. The predicted molar refractivity (Wildman–Crippen MR) is 77.4 cm³/mol.